The largest absolute Gasteiger partial charge is 0.490 e. The number of nitrogens with zero attached hydrogens (tertiary/aromatic N) is 1. The molecular formula is C16H31N2O14P3Si. The molecule has 1 aromatic heterocycles. The summed E-state index contributed by atoms with van der Waals surface area (Å²) in [5.41, 5.74) is -1.10. The van der Waals surface area contributed by atoms with E-state index in [1.54, 1.807) is 0 Å². The minimum Gasteiger partial charge on any atom is -0.411 e. The van der Waals surface area contributed by atoms with Gasteiger partial charge in [-0.3, -0.25) is 18.9 Å². The van der Waals surface area contributed by atoms with Crippen LogP contribution in [0.2, 0.25) is 18.1 Å². The van der Waals surface area contributed by atoms with Gasteiger partial charge in [0.15, 0.2) is 8.32 Å². The summed E-state index contributed by atoms with van der Waals surface area (Å²) in [5.74, 6) is 0. The highest BCUT2D eigenvalue weighted by Crippen LogP contribution is 2.66. The molecule has 0 saturated carbocycles. The van der Waals surface area contributed by atoms with Gasteiger partial charge in [-0.1, -0.05) is 20.8 Å². The summed E-state index contributed by atoms with van der Waals surface area (Å²) in [6.07, 6.45) is -1.45. The third-order valence-electron chi connectivity index (χ3n) is 5.71. The summed E-state index contributed by atoms with van der Waals surface area (Å²) < 4.78 is 60.0. The average molecular weight is 596 g/mol. The third kappa shape index (κ3) is 8.63. The first-order chi connectivity index (χ1) is 16.0. The molecule has 0 aromatic carbocycles. The van der Waals surface area contributed by atoms with Gasteiger partial charge in [-0.2, -0.15) is 8.62 Å². The van der Waals surface area contributed by atoms with Crippen LogP contribution >= 0.6 is 23.5 Å². The molecule has 5 atom stereocenters. The van der Waals surface area contributed by atoms with Crippen molar-refractivity contribution in [1.82, 2.24) is 9.55 Å². The number of nitrogens with one attached hydrogen (secondary N) is 1. The molecule has 3 unspecified atom stereocenters. The number of aromatic nitrogens is 2. The highest BCUT2D eigenvalue weighted by Gasteiger charge is 2.47. The van der Waals surface area contributed by atoms with Gasteiger partial charge in [0.05, 0.1) is 12.7 Å². The molecule has 1 saturated heterocycles. The van der Waals surface area contributed by atoms with Crippen LogP contribution in [0, 0.1) is 6.92 Å². The van der Waals surface area contributed by atoms with Crippen molar-refractivity contribution in [2.24, 2.45) is 0 Å². The van der Waals surface area contributed by atoms with Crippen molar-refractivity contribution < 1.29 is 55.6 Å². The first-order valence-electron chi connectivity index (χ1n) is 10.5. The molecule has 0 bridgehead atoms. The van der Waals surface area contributed by atoms with Crippen LogP contribution in [0.15, 0.2) is 15.8 Å². The van der Waals surface area contributed by atoms with Crippen molar-refractivity contribution in [3.63, 3.8) is 0 Å². The van der Waals surface area contributed by atoms with Gasteiger partial charge >= 0.3 is 29.2 Å². The van der Waals surface area contributed by atoms with Crippen LogP contribution < -0.4 is 11.2 Å². The van der Waals surface area contributed by atoms with Gasteiger partial charge in [0.25, 0.3) is 5.56 Å². The van der Waals surface area contributed by atoms with Crippen molar-refractivity contribution in [1.29, 1.82) is 0 Å². The quantitative estimate of drug-likeness (QED) is 0.192. The molecule has 0 aliphatic carbocycles. The molecule has 208 valence electrons. The fourth-order valence-corrected chi connectivity index (χ4v) is 7.36. The van der Waals surface area contributed by atoms with E-state index in [0.29, 0.717) is 0 Å². The van der Waals surface area contributed by atoms with Gasteiger partial charge in [0, 0.05) is 18.2 Å². The Balaban J connectivity index is 2.28. The maximum absolute atomic E-state index is 12.3. The van der Waals surface area contributed by atoms with Crippen LogP contribution in [0.5, 0.6) is 0 Å². The Hall–Kier alpha value is -0.773. The van der Waals surface area contributed by atoms with Crippen LogP contribution in [0.25, 0.3) is 0 Å². The second kappa shape index (κ2) is 10.8. The lowest BCUT2D eigenvalue weighted by molar-refractivity contribution is -0.0430. The maximum atomic E-state index is 12.3. The van der Waals surface area contributed by atoms with Crippen LogP contribution in [-0.4, -0.2) is 56.3 Å². The number of hydrogen-bond donors (Lipinski definition) is 5. The number of hydrogen-bond acceptors (Lipinski definition) is 10. The van der Waals surface area contributed by atoms with E-state index in [4.69, 9.17) is 23.5 Å². The standard InChI is InChI=1S/C16H31N2O14P3Si/c1-10-8-18(15(20)17-14(10)19)13-7-11(30-36(5,6)16(2,3)4)12(29-13)9-28-34(24,25)32-35(26,27)31-33(21,22)23/h8,11-13H,7,9H2,1-6H3,(H,24,25)(H,26,27)(H,17,19,20)(H2,21,22,23)/t11?,12-,13-/m1/s1. The molecule has 0 radical (unpaired) electrons. The lowest BCUT2D eigenvalue weighted by Gasteiger charge is -2.39. The Kier molecular flexibility index (Phi) is 9.41. The number of aryl methyl sites for hydroxylation is 1. The summed E-state index contributed by atoms with van der Waals surface area (Å²) in [7, 11) is -19.1. The molecule has 2 heterocycles. The van der Waals surface area contributed by atoms with Gasteiger partial charge in [-0.25, -0.2) is 18.5 Å². The van der Waals surface area contributed by atoms with Crippen molar-refractivity contribution in [2.45, 2.75) is 70.7 Å². The van der Waals surface area contributed by atoms with E-state index < -0.39 is 68.1 Å². The van der Waals surface area contributed by atoms with Crippen LogP contribution in [0.4, 0.5) is 0 Å². The molecule has 1 aromatic rings. The fourth-order valence-electron chi connectivity index (χ4n) is 2.97. The molecule has 1 aliphatic rings. The molecule has 1 aliphatic heterocycles. The predicted octanol–water partition coefficient (Wildman–Crippen LogP) is 1.87. The Labute approximate surface area is 207 Å². The number of rotatable bonds is 10. The van der Waals surface area contributed by atoms with Crippen LogP contribution in [0.1, 0.15) is 39.0 Å². The van der Waals surface area contributed by atoms with E-state index in [2.05, 4.69) is 13.6 Å². The number of aromatic amines is 1. The van der Waals surface area contributed by atoms with Crippen molar-refractivity contribution >= 4 is 31.8 Å². The van der Waals surface area contributed by atoms with Gasteiger partial charge in [-0.05, 0) is 25.1 Å². The van der Waals surface area contributed by atoms with Gasteiger partial charge in [0.2, 0.25) is 0 Å². The van der Waals surface area contributed by atoms with E-state index >= 15 is 0 Å². The SMILES string of the molecule is Cc1cn([C@H]2CC(O[Si](C)(C)C(C)(C)C)[C@@H](COP(=O)(O)OP(=O)(O)OP(=O)(O)O)O2)c(=O)[nH]c1=O. The van der Waals surface area contributed by atoms with Crippen molar-refractivity contribution in [3.8, 4) is 0 Å². The number of phosphoric acid groups is 3. The maximum Gasteiger partial charge on any atom is 0.490 e. The second-order valence-corrected chi connectivity index (χ2v) is 18.8. The first-order valence-corrected chi connectivity index (χ1v) is 17.9. The Morgan fingerprint density at radius 1 is 1.11 bits per heavy atom. The number of H-pyrrole nitrogens is 1. The molecular weight excluding hydrogens is 565 g/mol. The topological polar surface area (TPSA) is 233 Å². The van der Waals surface area contributed by atoms with Gasteiger partial charge < -0.3 is 28.7 Å². The normalized spacial score (nSPS) is 24.9. The van der Waals surface area contributed by atoms with Crippen molar-refractivity contribution in [2.75, 3.05) is 6.61 Å². The van der Waals surface area contributed by atoms with E-state index in [9.17, 15) is 33.1 Å². The smallest absolute Gasteiger partial charge is 0.411 e. The highest BCUT2D eigenvalue weighted by molar-refractivity contribution is 7.66. The Bertz CT molecular complexity index is 1220. The molecule has 0 amide bonds. The summed E-state index contributed by atoms with van der Waals surface area (Å²) in [6.45, 7) is 10.6. The lowest BCUT2D eigenvalue weighted by atomic mass is 10.2. The van der Waals surface area contributed by atoms with E-state index in [1.165, 1.54) is 13.1 Å². The fraction of sp³-hybridized carbons (Fsp3) is 0.750. The lowest BCUT2D eigenvalue weighted by Crippen LogP contribution is -2.46. The van der Waals surface area contributed by atoms with Crippen molar-refractivity contribution in [3.05, 3.63) is 32.6 Å². The minimum atomic E-state index is -5.69. The summed E-state index contributed by atoms with van der Waals surface area (Å²) in [5, 5.41) is -0.249. The molecule has 5 N–H and O–H groups in total. The Morgan fingerprint density at radius 3 is 2.22 bits per heavy atom. The molecule has 36 heavy (non-hydrogen) atoms. The molecule has 20 heteroatoms. The number of phosphoric ester groups is 1. The van der Waals surface area contributed by atoms with E-state index in [1.807, 2.05) is 33.9 Å². The van der Waals surface area contributed by atoms with E-state index in [-0.39, 0.29) is 17.0 Å². The van der Waals surface area contributed by atoms with E-state index in [0.717, 1.165) is 4.57 Å². The molecule has 2 rings (SSSR count). The first kappa shape index (κ1) is 31.4. The predicted molar refractivity (Wildman–Crippen MR) is 126 cm³/mol. The zero-order chi connectivity index (χ0) is 27.9. The summed E-state index contributed by atoms with van der Waals surface area (Å²) in [4.78, 5) is 62.6. The third-order valence-corrected chi connectivity index (χ3v) is 14.0. The highest BCUT2D eigenvalue weighted by atomic mass is 31.3. The van der Waals surface area contributed by atoms with Gasteiger partial charge in [-0.15, -0.1) is 0 Å². The monoisotopic (exact) mass is 596 g/mol. The molecule has 0 spiro atoms. The average Bonchev–Trinajstić information content (AvgIpc) is 3.01. The molecule has 1 fully saturated rings. The minimum absolute atomic E-state index is 0.0856. The van der Waals surface area contributed by atoms with Crippen LogP contribution in [0.3, 0.4) is 0 Å². The number of ether oxygens (including phenoxy) is 1. The zero-order valence-corrected chi connectivity index (χ0v) is 24.1. The van der Waals surface area contributed by atoms with Gasteiger partial charge in [0.1, 0.15) is 12.3 Å². The summed E-state index contributed by atoms with van der Waals surface area (Å²) >= 11 is 0. The zero-order valence-electron chi connectivity index (χ0n) is 20.4. The van der Waals surface area contributed by atoms with Crippen LogP contribution in [-0.2, 0) is 36.0 Å². The second-order valence-electron chi connectivity index (χ2n) is 9.65. The molecule has 16 nitrogen and oxygen atoms in total. The Morgan fingerprint density at radius 2 is 1.69 bits per heavy atom. The summed E-state index contributed by atoms with van der Waals surface area (Å²) in [6, 6.07) is 0.